The van der Waals surface area contributed by atoms with Gasteiger partial charge in [-0.25, -0.2) is 22.4 Å². The van der Waals surface area contributed by atoms with Crippen molar-refractivity contribution in [2.45, 2.75) is 6.61 Å². The minimum atomic E-state index is -1.78. The van der Waals surface area contributed by atoms with E-state index >= 15 is 0 Å². The predicted octanol–water partition coefficient (Wildman–Crippen LogP) is 3.60. The van der Waals surface area contributed by atoms with Gasteiger partial charge in [-0.05, 0) is 5.56 Å². The number of esters is 1. The molecule has 0 aromatic heterocycles. The molecule has 0 heterocycles. The highest BCUT2D eigenvalue weighted by atomic mass is 19.2. The summed E-state index contributed by atoms with van der Waals surface area (Å²) < 4.78 is 57.2. The van der Waals surface area contributed by atoms with E-state index in [1.165, 1.54) is 0 Å². The Morgan fingerprint density at radius 1 is 0.950 bits per heavy atom. The topological polar surface area (TPSA) is 26.3 Å². The van der Waals surface area contributed by atoms with E-state index < -0.39 is 34.8 Å². The highest BCUT2D eigenvalue weighted by Crippen LogP contribution is 2.20. The standard InChI is InChI=1S/C14H8F4O2/c15-9-6-10(16)13(18)11(12(9)17)14(19)20-7-8-4-2-1-3-5-8/h1-6H,7H2. The van der Waals surface area contributed by atoms with Gasteiger partial charge in [0, 0.05) is 6.07 Å². The van der Waals surface area contributed by atoms with Crippen molar-refractivity contribution >= 4 is 5.97 Å². The molecular formula is C14H8F4O2. The van der Waals surface area contributed by atoms with Crippen LogP contribution >= 0.6 is 0 Å². The highest BCUT2D eigenvalue weighted by molar-refractivity contribution is 5.90. The molecule has 0 saturated heterocycles. The van der Waals surface area contributed by atoms with Crippen LogP contribution in [-0.2, 0) is 11.3 Å². The molecule has 0 aliphatic heterocycles. The van der Waals surface area contributed by atoms with Gasteiger partial charge in [0.15, 0.2) is 23.3 Å². The molecule has 0 atom stereocenters. The largest absolute Gasteiger partial charge is 0.457 e. The van der Waals surface area contributed by atoms with Gasteiger partial charge in [-0.1, -0.05) is 30.3 Å². The van der Waals surface area contributed by atoms with Gasteiger partial charge >= 0.3 is 5.97 Å². The van der Waals surface area contributed by atoms with Crippen molar-refractivity contribution < 1.29 is 27.1 Å². The molecule has 2 aromatic carbocycles. The van der Waals surface area contributed by atoms with Crippen LogP contribution < -0.4 is 0 Å². The third-order valence-corrected chi connectivity index (χ3v) is 2.53. The van der Waals surface area contributed by atoms with E-state index in [1.807, 2.05) is 0 Å². The van der Waals surface area contributed by atoms with Crippen LogP contribution in [0.5, 0.6) is 0 Å². The molecule has 0 aliphatic carbocycles. The number of hydrogen-bond acceptors (Lipinski definition) is 2. The molecule has 104 valence electrons. The molecular weight excluding hydrogens is 276 g/mol. The lowest BCUT2D eigenvalue weighted by molar-refractivity contribution is 0.0458. The van der Waals surface area contributed by atoms with Gasteiger partial charge in [0.2, 0.25) is 0 Å². The Bertz CT molecular complexity index is 615. The number of halogens is 4. The Balaban J connectivity index is 2.22. The molecule has 2 aromatic rings. The summed E-state index contributed by atoms with van der Waals surface area (Å²) in [5.74, 6) is -8.34. The average Bonchev–Trinajstić information content (AvgIpc) is 2.44. The zero-order valence-corrected chi connectivity index (χ0v) is 10.00. The first-order valence-corrected chi connectivity index (χ1v) is 5.54. The number of hydrogen-bond donors (Lipinski definition) is 0. The summed E-state index contributed by atoms with van der Waals surface area (Å²) in [5.41, 5.74) is -0.808. The van der Waals surface area contributed by atoms with Crippen LogP contribution in [0.1, 0.15) is 15.9 Å². The smallest absolute Gasteiger partial charge is 0.344 e. The summed E-state index contributed by atoms with van der Waals surface area (Å²) in [4.78, 5) is 11.5. The summed E-state index contributed by atoms with van der Waals surface area (Å²) in [6, 6.07) is 8.34. The Morgan fingerprint density at radius 2 is 1.50 bits per heavy atom. The zero-order chi connectivity index (χ0) is 14.7. The van der Waals surface area contributed by atoms with Crippen molar-refractivity contribution in [3.63, 3.8) is 0 Å². The average molecular weight is 284 g/mol. The van der Waals surface area contributed by atoms with Crippen LogP contribution in [0.15, 0.2) is 36.4 Å². The van der Waals surface area contributed by atoms with E-state index in [0.717, 1.165) is 0 Å². The fourth-order valence-electron chi connectivity index (χ4n) is 1.55. The second-order valence-corrected chi connectivity index (χ2v) is 3.90. The van der Waals surface area contributed by atoms with Crippen LogP contribution in [0, 0.1) is 23.3 Å². The maximum atomic E-state index is 13.3. The van der Waals surface area contributed by atoms with Crippen molar-refractivity contribution in [1.29, 1.82) is 0 Å². The van der Waals surface area contributed by atoms with Crippen LogP contribution in [0.3, 0.4) is 0 Å². The number of carbonyl (C=O) groups is 1. The van der Waals surface area contributed by atoms with E-state index in [-0.39, 0.29) is 12.7 Å². The number of benzene rings is 2. The van der Waals surface area contributed by atoms with Gasteiger partial charge in [0.05, 0.1) is 0 Å². The second kappa shape index (κ2) is 5.73. The van der Waals surface area contributed by atoms with Crippen LogP contribution in [0.2, 0.25) is 0 Å². The summed E-state index contributed by atoms with van der Waals surface area (Å²) in [6.45, 7) is -0.267. The molecule has 20 heavy (non-hydrogen) atoms. The molecule has 0 radical (unpaired) electrons. The number of rotatable bonds is 3. The second-order valence-electron chi connectivity index (χ2n) is 3.90. The fraction of sp³-hybridized carbons (Fsp3) is 0.0714. The SMILES string of the molecule is O=C(OCc1ccccc1)c1c(F)c(F)cc(F)c1F. The lowest BCUT2D eigenvalue weighted by Crippen LogP contribution is -2.13. The van der Waals surface area contributed by atoms with Gasteiger partial charge in [-0.2, -0.15) is 0 Å². The van der Waals surface area contributed by atoms with Crippen molar-refractivity contribution in [3.8, 4) is 0 Å². The number of carbonyl (C=O) groups excluding carboxylic acids is 1. The van der Waals surface area contributed by atoms with E-state index in [4.69, 9.17) is 0 Å². The Labute approximate surface area is 111 Å². The third kappa shape index (κ3) is 2.79. The minimum absolute atomic E-state index is 0.0264. The van der Waals surface area contributed by atoms with E-state index in [9.17, 15) is 22.4 Å². The highest BCUT2D eigenvalue weighted by Gasteiger charge is 2.25. The first kappa shape index (κ1) is 14.0. The van der Waals surface area contributed by atoms with Crippen LogP contribution in [0.4, 0.5) is 17.6 Å². The normalized spacial score (nSPS) is 10.4. The first-order chi connectivity index (χ1) is 9.50. The lowest BCUT2D eigenvalue weighted by Gasteiger charge is -2.07. The van der Waals surface area contributed by atoms with Gasteiger partial charge in [0.25, 0.3) is 0 Å². The molecule has 2 rings (SSSR count). The summed E-state index contributed by atoms with van der Waals surface area (Å²) in [7, 11) is 0. The Hall–Kier alpha value is -2.37. The zero-order valence-electron chi connectivity index (χ0n) is 10.00. The maximum Gasteiger partial charge on any atom is 0.344 e. The predicted molar refractivity (Wildman–Crippen MR) is 61.8 cm³/mol. The lowest BCUT2D eigenvalue weighted by atomic mass is 10.2. The molecule has 0 unspecified atom stereocenters. The van der Waals surface area contributed by atoms with Crippen LogP contribution in [-0.4, -0.2) is 5.97 Å². The molecule has 0 spiro atoms. The summed E-state index contributed by atoms with van der Waals surface area (Å²) in [6.07, 6.45) is 0. The molecule has 0 N–H and O–H groups in total. The molecule has 0 saturated carbocycles. The van der Waals surface area contributed by atoms with Gasteiger partial charge < -0.3 is 4.74 Å². The molecule has 0 fully saturated rings. The summed E-state index contributed by atoms with van der Waals surface area (Å²) >= 11 is 0. The van der Waals surface area contributed by atoms with E-state index in [1.54, 1.807) is 30.3 Å². The van der Waals surface area contributed by atoms with Crippen LogP contribution in [0.25, 0.3) is 0 Å². The monoisotopic (exact) mass is 284 g/mol. The van der Waals surface area contributed by atoms with Crippen molar-refractivity contribution in [3.05, 3.63) is 70.8 Å². The third-order valence-electron chi connectivity index (χ3n) is 2.53. The van der Waals surface area contributed by atoms with Crippen molar-refractivity contribution in [1.82, 2.24) is 0 Å². The molecule has 6 heteroatoms. The van der Waals surface area contributed by atoms with Gasteiger partial charge in [-0.3, -0.25) is 0 Å². The first-order valence-electron chi connectivity index (χ1n) is 5.54. The van der Waals surface area contributed by atoms with Gasteiger partial charge in [0.1, 0.15) is 12.2 Å². The molecule has 0 amide bonds. The minimum Gasteiger partial charge on any atom is -0.457 e. The molecule has 0 bridgehead atoms. The fourth-order valence-corrected chi connectivity index (χ4v) is 1.55. The van der Waals surface area contributed by atoms with E-state index in [2.05, 4.69) is 4.74 Å². The quantitative estimate of drug-likeness (QED) is 0.489. The summed E-state index contributed by atoms with van der Waals surface area (Å²) in [5, 5.41) is 0. The molecule has 0 aliphatic rings. The Kier molecular flexibility index (Phi) is 4.02. The van der Waals surface area contributed by atoms with Crippen molar-refractivity contribution in [2.75, 3.05) is 0 Å². The molecule has 2 nitrogen and oxygen atoms in total. The van der Waals surface area contributed by atoms with Gasteiger partial charge in [-0.15, -0.1) is 0 Å². The number of ether oxygens (including phenoxy) is 1. The van der Waals surface area contributed by atoms with Crippen molar-refractivity contribution in [2.24, 2.45) is 0 Å². The maximum absolute atomic E-state index is 13.3. The Morgan fingerprint density at radius 3 is 2.05 bits per heavy atom. The van der Waals surface area contributed by atoms with E-state index in [0.29, 0.717) is 5.56 Å².